The van der Waals surface area contributed by atoms with Crippen LogP contribution < -0.4 is 26.1 Å². The molecule has 183 valence electrons. The van der Waals surface area contributed by atoms with E-state index in [0.29, 0.717) is 30.4 Å². The van der Waals surface area contributed by atoms with Gasteiger partial charge >= 0.3 is 0 Å². The van der Waals surface area contributed by atoms with Crippen LogP contribution in [0.4, 0.5) is 0 Å². The van der Waals surface area contributed by atoms with Gasteiger partial charge in [-0.05, 0) is 48.8 Å². The monoisotopic (exact) mass is 463 g/mol. The molecule has 1 atom stereocenters. The molecule has 5 N–H and O–H groups in total. The highest BCUT2D eigenvalue weighted by atomic mass is 16.7. The molecule has 0 bridgehead atoms. The number of hydrogen-bond acceptors (Lipinski definition) is 6. The molecule has 0 saturated heterocycles. The summed E-state index contributed by atoms with van der Waals surface area (Å²) in [7, 11) is 0. The Morgan fingerprint density at radius 1 is 1.18 bits per heavy atom. The van der Waals surface area contributed by atoms with E-state index in [1.807, 2.05) is 26.0 Å². The Balaban J connectivity index is 2.57. The standard InChI is InChI=1S/C22H35N6O5/c1-15(2)11-13-24-21(30)19(6-5-12-25-22(23)27-28(31)32)26-20(29)14-33-18-9-7-17(8-10-18)16(3)4/h7-10,13,15-16,19H,5-6,11-12,14H2,1-4H3,(H,24,30)(H,26,29)(H3,23,25,27)/t19-/m0/s1. The highest BCUT2D eigenvalue weighted by Crippen LogP contribution is 2.18. The van der Waals surface area contributed by atoms with E-state index in [1.165, 1.54) is 0 Å². The van der Waals surface area contributed by atoms with Crippen LogP contribution in [0.3, 0.4) is 0 Å². The zero-order valence-corrected chi connectivity index (χ0v) is 19.6. The van der Waals surface area contributed by atoms with Crippen molar-refractivity contribution in [3.05, 3.63) is 46.5 Å². The lowest BCUT2D eigenvalue weighted by Gasteiger charge is -2.19. The third-order valence-corrected chi connectivity index (χ3v) is 4.58. The number of hydrogen-bond donors (Lipinski definition) is 5. The van der Waals surface area contributed by atoms with E-state index in [2.05, 4.69) is 29.8 Å². The lowest BCUT2D eigenvalue weighted by molar-refractivity contribution is -0.525. The van der Waals surface area contributed by atoms with E-state index in [4.69, 9.17) is 10.1 Å². The molecule has 0 heterocycles. The number of ether oxygens (including phenoxy) is 1. The van der Waals surface area contributed by atoms with Crippen LogP contribution in [0.1, 0.15) is 58.4 Å². The van der Waals surface area contributed by atoms with Crippen LogP contribution in [0.2, 0.25) is 0 Å². The molecule has 1 aromatic rings. The molecule has 1 radical (unpaired) electrons. The van der Waals surface area contributed by atoms with Crippen LogP contribution in [-0.4, -0.2) is 42.0 Å². The fourth-order valence-electron chi connectivity index (χ4n) is 2.75. The van der Waals surface area contributed by atoms with Crippen molar-refractivity contribution in [2.45, 2.75) is 58.9 Å². The topological polar surface area (TPSA) is 158 Å². The van der Waals surface area contributed by atoms with Crippen LogP contribution in [0.5, 0.6) is 5.75 Å². The lowest BCUT2D eigenvalue weighted by atomic mass is 10.0. The molecule has 1 aromatic carbocycles. The first-order chi connectivity index (χ1) is 15.6. The van der Waals surface area contributed by atoms with Crippen molar-refractivity contribution in [3.8, 4) is 5.75 Å². The van der Waals surface area contributed by atoms with E-state index >= 15 is 0 Å². The van der Waals surface area contributed by atoms with Gasteiger partial charge in [-0.15, -0.1) is 0 Å². The molecule has 0 fully saturated rings. The first-order valence-electron chi connectivity index (χ1n) is 11.0. The molecular weight excluding hydrogens is 428 g/mol. The zero-order chi connectivity index (χ0) is 24.8. The Bertz CT molecular complexity index is 782. The van der Waals surface area contributed by atoms with Crippen molar-refractivity contribution in [1.29, 1.82) is 5.41 Å². The van der Waals surface area contributed by atoms with Crippen LogP contribution in [0.15, 0.2) is 24.3 Å². The van der Waals surface area contributed by atoms with Crippen LogP contribution in [-0.2, 0) is 9.59 Å². The Labute approximate surface area is 194 Å². The number of hydrazine groups is 1. The molecule has 33 heavy (non-hydrogen) atoms. The SMILES string of the molecule is CC(C)C[CH]NC(=O)[C@H](CCCNC(=N)N[N+](=O)[O-])NC(=O)COc1ccc(C(C)C)cc1. The number of rotatable bonds is 14. The highest BCUT2D eigenvalue weighted by Gasteiger charge is 2.21. The van der Waals surface area contributed by atoms with Gasteiger partial charge in [0.15, 0.2) is 11.6 Å². The van der Waals surface area contributed by atoms with Gasteiger partial charge in [0.2, 0.25) is 5.91 Å². The summed E-state index contributed by atoms with van der Waals surface area (Å²) in [5, 5.41) is 24.8. The third-order valence-electron chi connectivity index (χ3n) is 4.58. The number of carbonyl (C=O) groups excluding carboxylic acids is 2. The number of guanidine groups is 1. The summed E-state index contributed by atoms with van der Waals surface area (Å²) in [6.45, 7) is 9.85. The molecule has 11 nitrogen and oxygen atoms in total. The average molecular weight is 464 g/mol. The number of carbonyl (C=O) groups is 2. The average Bonchev–Trinajstić information content (AvgIpc) is 2.73. The summed E-state index contributed by atoms with van der Waals surface area (Å²) in [5.41, 5.74) is 2.85. The van der Waals surface area contributed by atoms with Gasteiger partial charge in [-0.25, -0.2) is 10.1 Å². The van der Waals surface area contributed by atoms with Gasteiger partial charge in [-0.3, -0.25) is 15.0 Å². The lowest BCUT2D eigenvalue weighted by Crippen LogP contribution is -2.48. The van der Waals surface area contributed by atoms with Crippen LogP contribution >= 0.6 is 0 Å². The normalized spacial score (nSPS) is 11.6. The maximum Gasteiger partial charge on any atom is 0.258 e. The molecule has 1 rings (SSSR count). The predicted octanol–water partition coefficient (Wildman–Crippen LogP) is 2.08. The molecule has 0 aliphatic rings. The van der Waals surface area contributed by atoms with E-state index < -0.39 is 22.9 Å². The molecule has 0 aliphatic heterocycles. The van der Waals surface area contributed by atoms with E-state index in [1.54, 1.807) is 24.1 Å². The van der Waals surface area contributed by atoms with E-state index in [-0.39, 0.29) is 25.5 Å². The number of nitrogens with zero attached hydrogens (tertiary/aromatic N) is 1. The molecule has 0 unspecified atom stereocenters. The third kappa shape index (κ3) is 12.3. The molecule has 11 heteroatoms. The Morgan fingerprint density at radius 2 is 1.85 bits per heavy atom. The summed E-state index contributed by atoms with van der Waals surface area (Å²) >= 11 is 0. The van der Waals surface area contributed by atoms with Crippen molar-refractivity contribution >= 4 is 17.8 Å². The highest BCUT2D eigenvalue weighted by molar-refractivity contribution is 5.88. The fraction of sp³-hybridized carbons (Fsp3) is 0.545. The van der Waals surface area contributed by atoms with Crippen LogP contribution in [0.25, 0.3) is 0 Å². The maximum atomic E-state index is 12.5. The van der Waals surface area contributed by atoms with Gasteiger partial charge in [0.1, 0.15) is 11.8 Å². The first kappa shape index (κ1) is 27.7. The Kier molecular flexibility index (Phi) is 12.3. The molecule has 0 aliphatic carbocycles. The number of nitro groups is 1. The van der Waals surface area contributed by atoms with E-state index in [0.717, 1.165) is 5.56 Å². The summed E-state index contributed by atoms with van der Waals surface area (Å²) in [5.74, 6) is 0.0706. The first-order valence-corrected chi connectivity index (χ1v) is 11.0. The number of amides is 2. The van der Waals surface area contributed by atoms with Crippen molar-refractivity contribution in [1.82, 2.24) is 21.4 Å². The van der Waals surface area contributed by atoms with Gasteiger partial charge in [-0.1, -0.05) is 45.3 Å². The van der Waals surface area contributed by atoms with Crippen molar-refractivity contribution < 1.29 is 19.4 Å². The minimum Gasteiger partial charge on any atom is -0.484 e. The smallest absolute Gasteiger partial charge is 0.258 e. The molecule has 2 amide bonds. The summed E-state index contributed by atoms with van der Waals surface area (Å²) < 4.78 is 5.53. The van der Waals surface area contributed by atoms with Gasteiger partial charge in [0, 0.05) is 13.1 Å². The van der Waals surface area contributed by atoms with Gasteiger partial charge in [0.05, 0.1) is 0 Å². The Hall–Kier alpha value is -3.37. The largest absolute Gasteiger partial charge is 0.484 e. The Morgan fingerprint density at radius 3 is 2.42 bits per heavy atom. The molecule has 0 aromatic heterocycles. The van der Waals surface area contributed by atoms with Crippen molar-refractivity contribution in [2.24, 2.45) is 5.92 Å². The minimum atomic E-state index is -0.841. The predicted molar refractivity (Wildman–Crippen MR) is 125 cm³/mol. The van der Waals surface area contributed by atoms with Crippen LogP contribution in [0, 0.1) is 28.0 Å². The maximum absolute atomic E-state index is 12.5. The molecular formula is C22H35N6O5. The quantitative estimate of drug-likeness (QED) is 0.0928. The van der Waals surface area contributed by atoms with Crippen molar-refractivity contribution in [3.63, 3.8) is 0 Å². The zero-order valence-electron chi connectivity index (χ0n) is 19.6. The minimum absolute atomic E-state index is 0.216. The molecule has 0 saturated carbocycles. The summed E-state index contributed by atoms with van der Waals surface area (Å²) in [6.07, 6.45) is 1.35. The van der Waals surface area contributed by atoms with E-state index in [9.17, 15) is 19.7 Å². The summed E-state index contributed by atoms with van der Waals surface area (Å²) in [4.78, 5) is 35.3. The number of nitrogens with one attached hydrogen (secondary N) is 5. The second kappa shape index (κ2) is 14.6. The summed E-state index contributed by atoms with van der Waals surface area (Å²) in [6, 6.07) is 6.67. The number of benzene rings is 1. The van der Waals surface area contributed by atoms with Gasteiger partial charge in [-0.2, -0.15) is 0 Å². The molecule has 0 spiro atoms. The van der Waals surface area contributed by atoms with Crippen molar-refractivity contribution in [2.75, 3.05) is 13.2 Å². The fourth-order valence-corrected chi connectivity index (χ4v) is 2.75. The second-order valence-corrected chi connectivity index (χ2v) is 8.29. The second-order valence-electron chi connectivity index (χ2n) is 8.29. The van der Waals surface area contributed by atoms with Gasteiger partial charge in [0.25, 0.3) is 11.9 Å². The van der Waals surface area contributed by atoms with Gasteiger partial charge < -0.3 is 20.7 Å².